The van der Waals surface area contributed by atoms with E-state index in [9.17, 15) is 4.79 Å². The first-order valence-corrected chi connectivity index (χ1v) is 9.78. The molecule has 4 heteroatoms. The van der Waals surface area contributed by atoms with Gasteiger partial charge < -0.3 is 15.2 Å². The maximum atomic E-state index is 11.5. The van der Waals surface area contributed by atoms with Crippen molar-refractivity contribution >= 4 is 17.9 Å². The molecule has 0 bridgehead atoms. The number of hydrogen-bond donors (Lipinski definition) is 2. The normalized spacial score (nSPS) is 16.0. The summed E-state index contributed by atoms with van der Waals surface area (Å²) in [5, 5.41) is 13.0. The maximum Gasteiger partial charge on any atom is 0.130 e. The van der Waals surface area contributed by atoms with Crippen molar-refractivity contribution in [3.63, 3.8) is 0 Å². The highest BCUT2D eigenvalue weighted by atomic mass is 35.5. The summed E-state index contributed by atoms with van der Waals surface area (Å²) >= 11 is 6.02. The van der Waals surface area contributed by atoms with E-state index < -0.39 is 5.60 Å². The SMILES string of the molecule is CC.CCCC(C)(C)O.Cc1ccc(Cl)cc1C1(C=O)CCNCC1. The van der Waals surface area contributed by atoms with Crippen LogP contribution in [0.5, 0.6) is 0 Å². The highest BCUT2D eigenvalue weighted by Gasteiger charge is 2.34. The number of carbonyl (C=O) groups is 1. The molecule has 0 aromatic heterocycles. The summed E-state index contributed by atoms with van der Waals surface area (Å²) in [6.07, 6.45) is 4.78. The summed E-state index contributed by atoms with van der Waals surface area (Å²) in [6.45, 7) is 13.6. The molecule has 3 nitrogen and oxygen atoms in total. The first kappa shape index (κ1) is 24.1. The summed E-state index contributed by atoms with van der Waals surface area (Å²) in [6, 6.07) is 5.81. The second-order valence-corrected chi connectivity index (χ2v) is 7.48. The standard InChI is InChI=1S/C13H16ClNO.C6H14O.C2H6/c1-10-2-3-11(14)8-12(10)13(9-16)4-6-15-7-5-13;1-4-5-6(2,3)7;1-2/h2-3,8-9,15H,4-7H2,1H3;7H,4-5H2,1-3H3;1-2H3. The summed E-state index contributed by atoms with van der Waals surface area (Å²) in [4.78, 5) is 11.5. The smallest absolute Gasteiger partial charge is 0.130 e. The molecule has 1 fully saturated rings. The van der Waals surface area contributed by atoms with Gasteiger partial charge in [0.2, 0.25) is 0 Å². The van der Waals surface area contributed by atoms with Crippen LogP contribution in [0, 0.1) is 6.92 Å². The molecule has 0 spiro atoms. The monoisotopic (exact) mass is 369 g/mol. The number of piperidine rings is 1. The summed E-state index contributed by atoms with van der Waals surface area (Å²) in [5.74, 6) is 0. The maximum absolute atomic E-state index is 11.5. The Bertz CT molecular complexity index is 503. The molecule has 2 N–H and O–H groups in total. The number of halogens is 1. The Morgan fingerprint density at radius 2 is 1.84 bits per heavy atom. The van der Waals surface area contributed by atoms with Gasteiger partial charge >= 0.3 is 0 Å². The molecule has 25 heavy (non-hydrogen) atoms. The fourth-order valence-electron chi connectivity index (χ4n) is 3.07. The zero-order valence-electron chi connectivity index (χ0n) is 16.8. The average molecular weight is 370 g/mol. The quantitative estimate of drug-likeness (QED) is 0.730. The van der Waals surface area contributed by atoms with Gasteiger partial charge in [0.25, 0.3) is 0 Å². The number of hydrogen-bond acceptors (Lipinski definition) is 3. The lowest BCUT2D eigenvalue weighted by atomic mass is 9.73. The fourth-order valence-corrected chi connectivity index (χ4v) is 3.24. The van der Waals surface area contributed by atoms with Crippen LogP contribution in [0.15, 0.2) is 18.2 Å². The molecule has 0 aliphatic carbocycles. The minimum atomic E-state index is -0.450. The molecule has 0 amide bonds. The van der Waals surface area contributed by atoms with Crippen LogP contribution >= 0.6 is 11.6 Å². The topological polar surface area (TPSA) is 49.3 Å². The Hall–Kier alpha value is -0.900. The van der Waals surface area contributed by atoms with Gasteiger partial charge in [0.1, 0.15) is 6.29 Å². The van der Waals surface area contributed by atoms with E-state index in [-0.39, 0.29) is 5.41 Å². The van der Waals surface area contributed by atoms with Crippen LogP contribution in [0.3, 0.4) is 0 Å². The van der Waals surface area contributed by atoms with Gasteiger partial charge in [0.05, 0.1) is 11.0 Å². The molecule has 0 unspecified atom stereocenters. The minimum absolute atomic E-state index is 0.333. The first-order chi connectivity index (χ1) is 11.7. The third kappa shape index (κ3) is 8.35. The number of benzene rings is 1. The highest BCUT2D eigenvalue weighted by molar-refractivity contribution is 6.30. The van der Waals surface area contributed by atoms with E-state index >= 15 is 0 Å². The molecule has 1 aromatic carbocycles. The highest BCUT2D eigenvalue weighted by Crippen LogP contribution is 2.34. The van der Waals surface area contributed by atoms with E-state index in [2.05, 4.69) is 12.2 Å². The second-order valence-electron chi connectivity index (χ2n) is 7.05. The van der Waals surface area contributed by atoms with Gasteiger partial charge in [0, 0.05) is 5.02 Å². The minimum Gasteiger partial charge on any atom is -0.390 e. The van der Waals surface area contributed by atoms with Crippen LogP contribution in [-0.2, 0) is 10.2 Å². The third-order valence-corrected chi connectivity index (χ3v) is 4.55. The van der Waals surface area contributed by atoms with Gasteiger partial charge in [-0.25, -0.2) is 0 Å². The Labute approximate surface area is 159 Å². The van der Waals surface area contributed by atoms with Crippen molar-refractivity contribution in [2.45, 2.75) is 78.2 Å². The van der Waals surface area contributed by atoms with E-state index in [0.29, 0.717) is 5.02 Å². The van der Waals surface area contributed by atoms with Gasteiger partial charge in [-0.3, -0.25) is 0 Å². The number of aldehydes is 1. The first-order valence-electron chi connectivity index (χ1n) is 9.40. The lowest BCUT2D eigenvalue weighted by molar-refractivity contribution is -0.113. The lowest BCUT2D eigenvalue weighted by Gasteiger charge is -2.34. The number of carbonyl (C=O) groups excluding carboxylic acids is 1. The van der Waals surface area contributed by atoms with Crippen LogP contribution in [0.2, 0.25) is 5.02 Å². The Morgan fingerprint density at radius 3 is 2.24 bits per heavy atom. The van der Waals surface area contributed by atoms with Crippen LogP contribution in [0.1, 0.15) is 71.4 Å². The molecule has 2 rings (SSSR count). The molecule has 1 aromatic rings. The van der Waals surface area contributed by atoms with E-state index in [1.54, 1.807) is 0 Å². The Morgan fingerprint density at radius 1 is 1.28 bits per heavy atom. The summed E-state index contributed by atoms with van der Waals surface area (Å²) in [7, 11) is 0. The summed E-state index contributed by atoms with van der Waals surface area (Å²) in [5.41, 5.74) is 1.46. The van der Waals surface area contributed by atoms with E-state index in [0.717, 1.165) is 56.2 Å². The van der Waals surface area contributed by atoms with Crippen molar-refractivity contribution in [1.29, 1.82) is 0 Å². The predicted octanol–water partition coefficient (Wildman–Crippen LogP) is 5.05. The molecule has 144 valence electrons. The molecular weight excluding hydrogens is 334 g/mol. The molecule has 0 saturated carbocycles. The van der Waals surface area contributed by atoms with Gasteiger partial charge in [0.15, 0.2) is 0 Å². The van der Waals surface area contributed by atoms with Gasteiger partial charge in [-0.15, -0.1) is 0 Å². The predicted molar refractivity (Wildman–Crippen MR) is 109 cm³/mol. The number of nitrogens with one attached hydrogen (secondary N) is 1. The molecule has 1 aliphatic heterocycles. The number of rotatable bonds is 4. The molecular formula is C21H36ClNO2. The zero-order valence-corrected chi connectivity index (χ0v) is 17.5. The second kappa shape index (κ2) is 11.7. The Balaban J connectivity index is 0.000000544. The van der Waals surface area contributed by atoms with Crippen molar-refractivity contribution in [2.24, 2.45) is 0 Å². The van der Waals surface area contributed by atoms with E-state index in [4.69, 9.17) is 16.7 Å². The molecule has 1 heterocycles. The van der Waals surface area contributed by atoms with Gasteiger partial charge in [-0.05, 0) is 76.4 Å². The largest absolute Gasteiger partial charge is 0.390 e. The average Bonchev–Trinajstić information content (AvgIpc) is 2.59. The van der Waals surface area contributed by atoms with Crippen molar-refractivity contribution in [1.82, 2.24) is 5.32 Å². The lowest BCUT2D eigenvalue weighted by Crippen LogP contribution is -2.41. The molecule has 1 aliphatic rings. The van der Waals surface area contributed by atoms with Crippen LogP contribution in [0.25, 0.3) is 0 Å². The molecule has 1 saturated heterocycles. The van der Waals surface area contributed by atoms with E-state index in [1.165, 1.54) is 0 Å². The number of aryl methyl sites for hydroxylation is 1. The third-order valence-electron chi connectivity index (χ3n) is 4.32. The van der Waals surface area contributed by atoms with Crippen molar-refractivity contribution in [2.75, 3.05) is 13.1 Å². The van der Waals surface area contributed by atoms with Crippen LogP contribution < -0.4 is 5.32 Å². The Kier molecular flexibility index (Phi) is 11.2. The van der Waals surface area contributed by atoms with E-state index in [1.807, 2.05) is 52.8 Å². The van der Waals surface area contributed by atoms with Gasteiger partial charge in [-0.2, -0.15) is 0 Å². The number of aliphatic hydroxyl groups is 1. The molecule has 0 radical (unpaired) electrons. The fraction of sp³-hybridized carbons (Fsp3) is 0.667. The van der Waals surface area contributed by atoms with Crippen molar-refractivity contribution in [3.8, 4) is 0 Å². The van der Waals surface area contributed by atoms with Crippen LogP contribution in [-0.4, -0.2) is 30.1 Å². The zero-order chi connectivity index (χ0) is 19.5. The van der Waals surface area contributed by atoms with Gasteiger partial charge in [-0.1, -0.05) is 44.9 Å². The molecule has 0 atom stereocenters. The van der Waals surface area contributed by atoms with Crippen molar-refractivity contribution in [3.05, 3.63) is 34.3 Å². The summed E-state index contributed by atoms with van der Waals surface area (Å²) < 4.78 is 0. The van der Waals surface area contributed by atoms with Crippen molar-refractivity contribution < 1.29 is 9.90 Å². The van der Waals surface area contributed by atoms with Crippen LogP contribution in [0.4, 0.5) is 0 Å².